The van der Waals surface area contributed by atoms with E-state index in [4.69, 9.17) is 0 Å². The molecular formula is C24H43N3O3. The Morgan fingerprint density at radius 3 is 2.13 bits per heavy atom. The van der Waals surface area contributed by atoms with Crippen LogP contribution >= 0.6 is 0 Å². The molecule has 0 radical (unpaired) electrons. The summed E-state index contributed by atoms with van der Waals surface area (Å²) in [6, 6.07) is -1.07. The van der Waals surface area contributed by atoms with E-state index in [0.717, 1.165) is 19.4 Å². The van der Waals surface area contributed by atoms with Gasteiger partial charge in [0.25, 0.3) is 0 Å². The molecule has 0 aromatic heterocycles. The normalized spacial score (nSPS) is 23.1. The predicted octanol–water partition coefficient (Wildman–Crippen LogP) is 3.27. The summed E-state index contributed by atoms with van der Waals surface area (Å²) in [5.41, 5.74) is 0.199. The highest BCUT2D eigenvalue weighted by Gasteiger charge is 2.39. The quantitative estimate of drug-likeness (QED) is 0.641. The maximum absolute atomic E-state index is 13.5. The third-order valence-corrected chi connectivity index (χ3v) is 6.22. The number of carbonyl (C=O) groups excluding carboxylic acids is 3. The molecule has 6 heteroatoms. The Morgan fingerprint density at radius 1 is 1.13 bits per heavy atom. The van der Waals surface area contributed by atoms with Crippen molar-refractivity contribution in [3.8, 4) is 0 Å². The lowest BCUT2D eigenvalue weighted by Gasteiger charge is -2.40. The van der Waals surface area contributed by atoms with E-state index in [2.05, 4.69) is 17.1 Å². The average Bonchev–Trinajstić information content (AvgIpc) is 2.61. The summed E-state index contributed by atoms with van der Waals surface area (Å²) in [6.45, 7) is 16.4. The molecule has 172 valence electrons. The number of nitrogens with zero attached hydrogens (tertiary/aromatic N) is 2. The number of nitrogens with one attached hydrogen (secondary N) is 1. The Kier molecular flexibility index (Phi) is 9.27. The molecule has 1 heterocycles. The van der Waals surface area contributed by atoms with Crippen molar-refractivity contribution in [3.05, 3.63) is 11.6 Å². The van der Waals surface area contributed by atoms with E-state index < -0.39 is 11.5 Å². The number of allylic oxidation sites excluding steroid dienone is 1. The first kappa shape index (κ1) is 26.3. The first-order valence-electron chi connectivity index (χ1n) is 11.1. The number of Topliss-reactive ketones (excluding diaryl/α,β-unsaturated/α-hetero) is 1. The fraction of sp³-hybridized carbons (Fsp3) is 0.792. The third kappa shape index (κ3) is 6.93. The van der Waals surface area contributed by atoms with E-state index in [0.29, 0.717) is 11.5 Å². The molecule has 1 N–H and O–H groups in total. The standard InChI is InChI=1S/C24H43N3O3/c1-15(2)20(13-17(4)18(5)28)27(10)23(30)21(24(6,7)8)25-22(29)19-12-11-16(3)14-26(19)9/h13,15-16,19-21H,11-12,14H2,1-10H3,(H,25,29)/b17-13+. The smallest absolute Gasteiger partial charge is 0.245 e. The summed E-state index contributed by atoms with van der Waals surface area (Å²) >= 11 is 0. The van der Waals surface area contributed by atoms with Crippen LogP contribution in [0.25, 0.3) is 0 Å². The van der Waals surface area contributed by atoms with Crippen LogP contribution < -0.4 is 5.32 Å². The molecule has 6 nitrogen and oxygen atoms in total. The molecule has 0 aliphatic carbocycles. The van der Waals surface area contributed by atoms with Crippen molar-refractivity contribution in [2.45, 2.75) is 86.4 Å². The largest absolute Gasteiger partial charge is 0.342 e. The van der Waals surface area contributed by atoms with Crippen LogP contribution in [-0.4, -0.2) is 66.2 Å². The minimum atomic E-state index is -0.643. The molecule has 1 aliphatic heterocycles. The number of amides is 2. The van der Waals surface area contributed by atoms with E-state index in [1.54, 1.807) is 18.9 Å². The van der Waals surface area contributed by atoms with Gasteiger partial charge in [-0.2, -0.15) is 0 Å². The third-order valence-electron chi connectivity index (χ3n) is 6.22. The molecular weight excluding hydrogens is 378 g/mol. The first-order chi connectivity index (χ1) is 13.7. The van der Waals surface area contributed by atoms with Gasteiger partial charge in [0, 0.05) is 13.6 Å². The van der Waals surface area contributed by atoms with Crippen LogP contribution in [0, 0.1) is 17.3 Å². The number of carbonyl (C=O) groups is 3. The van der Waals surface area contributed by atoms with E-state index in [1.807, 2.05) is 47.7 Å². The molecule has 30 heavy (non-hydrogen) atoms. The average molecular weight is 422 g/mol. The van der Waals surface area contributed by atoms with Gasteiger partial charge in [-0.25, -0.2) is 0 Å². The Bertz CT molecular complexity index is 663. The van der Waals surface area contributed by atoms with Crippen molar-refractivity contribution in [2.24, 2.45) is 17.3 Å². The van der Waals surface area contributed by atoms with Gasteiger partial charge in [-0.3, -0.25) is 19.3 Å². The van der Waals surface area contributed by atoms with Crippen molar-refractivity contribution < 1.29 is 14.4 Å². The molecule has 0 spiro atoms. The second kappa shape index (κ2) is 10.6. The summed E-state index contributed by atoms with van der Waals surface area (Å²) in [4.78, 5) is 42.1. The highest BCUT2D eigenvalue weighted by atomic mass is 16.2. The van der Waals surface area contributed by atoms with Crippen molar-refractivity contribution >= 4 is 17.6 Å². The molecule has 4 atom stereocenters. The molecule has 0 aromatic rings. The topological polar surface area (TPSA) is 69.7 Å². The highest BCUT2D eigenvalue weighted by Crippen LogP contribution is 2.25. The van der Waals surface area contributed by atoms with Crippen LogP contribution in [0.3, 0.4) is 0 Å². The number of likely N-dealkylation sites (N-methyl/N-ethyl adjacent to an activating group) is 2. The first-order valence-corrected chi connectivity index (χ1v) is 11.1. The Balaban J connectivity index is 3.09. The lowest BCUT2D eigenvalue weighted by molar-refractivity contribution is -0.141. The maximum atomic E-state index is 13.5. The van der Waals surface area contributed by atoms with Crippen LogP contribution in [0.1, 0.15) is 68.2 Å². The zero-order valence-electron chi connectivity index (χ0n) is 20.7. The Labute approximate surface area is 183 Å². The minimum Gasteiger partial charge on any atom is -0.342 e. The van der Waals surface area contributed by atoms with Gasteiger partial charge in [0.1, 0.15) is 6.04 Å². The second-order valence-electron chi connectivity index (χ2n) is 10.5. The number of rotatable bonds is 7. The van der Waals surface area contributed by atoms with Gasteiger partial charge in [-0.05, 0) is 56.6 Å². The molecule has 2 amide bonds. The summed E-state index contributed by atoms with van der Waals surface area (Å²) < 4.78 is 0. The monoisotopic (exact) mass is 421 g/mol. The summed E-state index contributed by atoms with van der Waals surface area (Å²) in [5, 5.41) is 3.06. The van der Waals surface area contributed by atoms with Crippen molar-refractivity contribution in [2.75, 3.05) is 20.6 Å². The molecule has 1 aliphatic rings. The summed E-state index contributed by atoms with van der Waals surface area (Å²) in [5.74, 6) is 0.497. The fourth-order valence-electron chi connectivity index (χ4n) is 4.07. The predicted molar refractivity (Wildman–Crippen MR) is 122 cm³/mol. The molecule has 1 saturated heterocycles. The summed E-state index contributed by atoms with van der Waals surface area (Å²) in [6.07, 6.45) is 3.68. The molecule has 1 fully saturated rings. The van der Waals surface area contributed by atoms with Gasteiger partial charge >= 0.3 is 0 Å². The fourth-order valence-corrected chi connectivity index (χ4v) is 4.07. The molecule has 0 aromatic carbocycles. The number of piperidine rings is 1. The van der Waals surface area contributed by atoms with E-state index in [1.165, 1.54) is 6.92 Å². The lowest BCUT2D eigenvalue weighted by atomic mass is 9.84. The zero-order chi connectivity index (χ0) is 23.4. The minimum absolute atomic E-state index is 0.00302. The van der Waals surface area contributed by atoms with Crippen molar-refractivity contribution in [3.63, 3.8) is 0 Å². The van der Waals surface area contributed by atoms with Crippen LogP contribution in [0.4, 0.5) is 0 Å². The van der Waals surface area contributed by atoms with Crippen LogP contribution in [-0.2, 0) is 14.4 Å². The SMILES string of the molecule is CC(=O)/C(C)=C/C(C(C)C)N(C)C(=O)C(NC(=O)C1CCC(C)CN1C)C(C)(C)C. The van der Waals surface area contributed by atoms with E-state index in [9.17, 15) is 14.4 Å². The van der Waals surface area contributed by atoms with Gasteiger partial charge in [0.2, 0.25) is 11.8 Å². The number of ketones is 1. The Hall–Kier alpha value is -1.69. The van der Waals surface area contributed by atoms with Gasteiger partial charge < -0.3 is 10.2 Å². The summed E-state index contributed by atoms with van der Waals surface area (Å²) in [7, 11) is 3.74. The zero-order valence-corrected chi connectivity index (χ0v) is 20.7. The van der Waals surface area contributed by atoms with Gasteiger partial charge in [0.15, 0.2) is 5.78 Å². The molecule has 0 bridgehead atoms. The number of likely N-dealkylation sites (tertiary alicyclic amines) is 1. The lowest BCUT2D eigenvalue weighted by Crippen LogP contribution is -2.60. The van der Waals surface area contributed by atoms with Crippen LogP contribution in [0.15, 0.2) is 11.6 Å². The van der Waals surface area contributed by atoms with Gasteiger partial charge in [-0.15, -0.1) is 0 Å². The highest BCUT2D eigenvalue weighted by molar-refractivity contribution is 5.93. The van der Waals surface area contributed by atoms with E-state index in [-0.39, 0.29) is 35.6 Å². The maximum Gasteiger partial charge on any atom is 0.245 e. The van der Waals surface area contributed by atoms with Crippen LogP contribution in [0.2, 0.25) is 0 Å². The molecule has 0 saturated carbocycles. The number of hydrogen-bond donors (Lipinski definition) is 1. The van der Waals surface area contributed by atoms with E-state index >= 15 is 0 Å². The van der Waals surface area contributed by atoms with Crippen molar-refractivity contribution in [1.82, 2.24) is 15.1 Å². The van der Waals surface area contributed by atoms with Crippen LogP contribution in [0.5, 0.6) is 0 Å². The molecule has 4 unspecified atom stereocenters. The second-order valence-corrected chi connectivity index (χ2v) is 10.5. The Morgan fingerprint density at radius 2 is 1.70 bits per heavy atom. The number of hydrogen-bond acceptors (Lipinski definition) is 4. The molecule has 1 rings (SSSR count). The van der Waals surface area contributed by atoms with Crippen molar-refractivity contribution in [1.29, 1.82) is 0 Å². The van der Waals surface area contributed by atoms with Gasteiger partial charge in [-0.1, -0.05) is 47.6 Å². The van der Waals surface area contributed by atoms with Gasteiger partial charge in [0.05, 0.1) is 12.1 Å².